The van der Waals surface area contributed by atoms with Gasteiger partial charge in [-0.05, 0) is 29.8 Å². The molecule has 122 valence electrons. The Morgan fingerprint density at radius 1 is 0.880 bits per heavy atom. The largest absolute Gasteiger partial charge is 0.324 e. The highest BCUT2D eigenvalue weighted by atomic mass is 32.2. The number of hydrogen-bond donors (Lipinski definition) is 1. The van der Waals surface area contributed by atoms with E-state index in [1.54, 1.807) is 24.3 Å². The van der Waals surface area contributed by atoms with Crippen LogP contribution in [-0.2, 0) is 4.79 Å². The first-order chi connectivity index (χ1) is 12.3. The van der Waals surface area contributed by atoms with Gasteiger partial charge in [0.15, 0.2) is 0 Å². The van der Waals surface area contributed by atoms with Crippen molar-refractivity contribution < 1.29 is 4.79 Å². The summed E-state index contributed by atoms with van der Waals surface area (Å²) >= 11 is 1.49. The summed E-state index contributed by atoms with van der Waals surface area (Å²) in [5.41, 5.74) is 1.90. The zero-order chi connectivity index (χ0) is 17.5. The molecule has 25 heavy (non-hydrogen) atoms. The van der Waals surface area contributed by atoms with E-state index in [1.807, 2.05) is 60.7 Å². The summed E-state index contributed by atoms with van der Waals surface area (Å²) in [4.78, 5) is 14.0. The molecule has 1 unspecified atom stereocenters. The zero-order valence-corrected chi connectivity index (χ0v) is 14.2. The molecule has 0 radical (unpaired) electrons. The number of nitrogens with one attached hydrogen (secondary N) is 1. The van der Waals surface area contributed by atoms with Crippen LogP contribution < -0.4 is 5.32 Å². The van der Waals surface area contributed by atoms with Crippen LogP contribution in [-0.4, -0.2) is 5.91 Å². The maximum atomic E-state index is 12.9. The molecule has 0 saturated heterocycles. The molecule has 1 N–H and O–H groups in total. The molecule has 0 aliphatic carbocycles. The fourth-order valence-corrected chi connectivity index (χ4v) is 3.47. The molecule has 0 fully saturated rings. The lowest BCUT2D eigenvalue weighted by molar-refractivity contribution is -0.115. The first-order valence-corrected chi connectivity index (χ1v) is 8.72. The Hall–Kier alpha value is -3.03. The van der Waals surface area contributed by atoms with E-state index in [4.69, 9.17) is 0 Å². The summed E-state index contributed by atoms with van der Waals surface area (Å²) in [5.74, 6) is -0.150. The normalized spacial score (nSPS) is 11.3. The molecule has 3 rings (SSSR count). The SMILES string of the molecule is N#Cc1ccccc1NC(=O)C(Sc1ccccc1)c1ccccc1. The van der Waals surface area contributed by atoms with E-state index in [1.165, 1.54) is 11.8 Å². The zero-order valence-electron chi connectivity index (χ0n) is 13.4. The average molecular weight is 344 g/mol. The smallest absolute Gasteiger partial charge is 0.242 e. The van der Waals surface area contributed by atoms with Crippen LogP contribution in [0.2, 0.25) is 0 Å². The molecule has 0 spiro atoms. The van der Waals surface area contributed by atoms with Crippen LogP contribution in [0, 0.1) is 11.3 Å². The highest BCUT2D eigenvalue weighted by Crippen LogP contribution is 2.36. The quantitative estimate of drug-likeness (QED) is 0.660. The number of amides is 1. The standard InChI is InChI=1S/C21H16N2OS/c22-15-17-11-7-8-14-19(17)23-21(24)20(16-9-3-1-4-10-16)25-18-12-5-2-6-13-18/h1-14,20H,(H,23,24). The van der Waals surface area contributed by atoms with Gasteiger partial charge in [0.1, 0.15) is 11.3 Å². The van der Waals surface area contributed by atoms with Crippen molar-refractivity contribution in [1.29, 1.82) is 5.26 Å². The molecule has 0 saturated carbocycles. The highest BCUT2D eigenvalue weighted by molar-refractivity contribution is 8.00. The molecule has 0 aliphatic heterocycles. The summed E-state index contributed by atoms with van der Waals surface area (Å²) in [6.45, 7) is 0. The summed E-state index contributed by atoms with van der Waals surface area (Å²) < 4.78 is 0. The first kappa shape index (κ1) is 16.8. The highest BCUT2D eigenvalue weighted by Gasteiger charge is 2.22. The van der Waals surface area contributed by atoms with Crippen molar-refractivity contribution in [2.24, 2.45) is 0 Å². The molecule has 0 bridgehead atoms. The van der Waals surface area contributed by atoms with Gasteiger partial charge in [0.25, 0.3) is 0 Å². The predicted octanol–water partition coefficient (Wildman–Crippen LogP) is 5.03. The van der Waals surface area contributed by atoms with Crippen LogP contribution in [0.25, 0.3) is 0 Å². The number of thioether (sulfide) groups is 1. The third kappa shape index (κ3) is 4.28. The van der Waals surface area contributed by atoms with Gasteiger partial charge in [-0.2, -0.15) is 5.26 Å². The lowest BCUT2D eigenvalue weighted by atomic mass is 10.1. The lowest BCUT2D eigenvalue weighted by Crippen LogP contribution is -2.19. The second-order valence-corrected chi connectivity index (χ2v) is 6.55. The van der Waals surface area contributed by atoms with Crippen molar-refractivity contribution in [3.05, 3.63) is 96.1 Å². The van der Waals surface area contributed by atoms with Crippen LogP contribution in [0.4, 0.5) is 5.69 Å². The van der Waals surface area contributed by atoms with E-state index in [0.29, 0.717) is 11.3 Å². The summed E-state index contributed by atoms with van der Waals surface area (Å²) in [6.07, 6.45) is 0. The number of anilines is 1. The molecule has 1 atom stereocenters. The van der Waals surface area contributed by atoms with Gasteiger partial charge in [-0.1, -0.05) is 60.7 Å². The number of nitriles is 1. The van der Waals surface area contributed by atoms with Crippen molar-refractivity contribution >= 4 is 23.4 Å². The molecule has 3 aromatic carbocycles. The third-order valence-electron chi connectivity index (χ3n) is 3.64. The van der Waals surface area contributed by atoms with Crippen molar-refractivity contribution in [3.8, 4) is 6.07 Å². The molecule has 3 aromatic rings. The summed E-state index contributed by atoms with van der Waals surface area (Å²) in [5, 5.41) is 11.7. The minimum atomic E-state index is -0.407. The maximum Gasteiger partial charge on any atom is 0.242 e. The second-order valence-electron chi connectivity index (χ2n) is 5.37. The Bertz CT molecular complexity index is 889. The van der Waals surface area contributed by atoms with Crippen LogP contribution in [0.3, 0.4) is 0 Å². The summed E-state index contributed by atoms with van der Waals surface area (Å²) in [7, 11) is 0. The first-order valence-electron chi connectivity index (χ1n) is 7.84. The van der Waals surface area contributed by atoms with Gasteiger partial charge in [-0.15, -0.1) is 11.8 Å². The minimum Gasteiger partial charge on any atom is -0.324 e. The Balaban J connectivity index is 1.88. The van der Waals surface area contributed by atoms with Gasteiger partial charge < -0.3 is 5.32 Å². The van der Waals surface area contributed by atoms with E-state index < -0.39 is 5.25 Å². The Labute approximate surface area is 151 Å². The van der Waals surface area contributed by atoms with E-state index in [-0.39, 0.29) is 5.91 Å². The number of carbonyl (C=O) groups excluding carboxylic acids is 1. The molecule has 1 amide bonds. The number of benzene rings is 3. The van der Waals surface area contributed by atoms with Gasteiger partial charge in [-0.3, -0.25) is 4.79 Å². The van der Waals surface area contributed by atoms with Crippen LogP contribution in [0.15, 0.2) is 89.8 Å². The van der Waals surface area contributed by atoms with Gasteiger partial charge in [0.05, 0.1) is 11.3 Å². The molecule has 0 aromatic heterocycles. The number of rotatable bonds is 5. The van der Waals surface area contributed by atoms with E-state index >= 15 is 0 Å². The van der Waals surface area contributed by atoms with Crippen molar-refractivity contribution in [2.45, 2.75) is 10.1 Å². The number of hydrogen-bond acceptors (Lipinski definition) is 3. The molecule has 0 heterocycles. The molecule has 4 heteroatoms. The van der Waals surface area contributed by atoms with Crippen molar-refractivity contribution in [3.63, 3.8) is 0 Å². The molecular weight excluding hydrogens is 328 g/mol. The van der Waals surface area contributed by atoms with Gasteiger partial charge in [-0.25, -0.2) is 0 Å². The van der Waals surface area contributed by atoms with Crippen LogP contribution in [0.5, 0.6) is 0 Å². The van der Waals surface area contributed by atoms with Crippen molar-refractivity contribution in [1.82, 2.24) is 0 Å². The summed E-state index contributed by atoms with van der Waals surface area (Å²) in [6, 6.07) is 28.6. The second kappa shape index (κ2) is 8.18. The van der Waals surface area contributed by atoms with Gasteiger partial charge >= 0.3 is 0 Å². The Morgan fingerprint density at radius 2 is 1.48 bits per heavy atom. The number of nitrogens with zero attached hydrogens (tertiary/aromatic N) is 1. The number of para-hydroxylation sites is 1. The van der Waals surface area contributed by atoms with E-state index in [2.05, 4.69) is 11.4 Å². The van der Waals surface area contributed by atoms with Crippen molar-refractivity contribution in [2.75, 3.05) is 5.32 Å². The van der Waals surface area contributed by atoms with E-state index in [9.17, 15) is 10.1 Å². The fourth-order valence-electron chi connectivity index (χ4n) is 2.42. The molecule has 0 aliphatic rings. The fraction of sp³-hybridized carbons (Fsp3) is 0.0476. The third-order valence-corrected chi connectivity index (χ3v) is 4.91. The molecule has 3 nitrogen and oxygen atoms in total. The average Bonchev–Trinajstić information content (AvgIpc) is 2.68. The Morgan fingerprint density at radius 3 is 2.16 bits per heavy atom. The van der Waals surface area contributed by atoms with Crippen LogP contribution >= 0.6 is 11.8 Å². The monoisotopic (exact) mass is 344 g/mol. The van der Waals surface area contributed by atoms with Gasteiger partial charge in [0, 0.05) is 4.90 Å². The van der Waals surface area contributed by atoms with E-state index in [0.717, 1.165) is 10.5 Å². The molecular formula is C21H16N2OS. The lowest BCUT2D eigenvalue weighted by Gasteiger charge is -2.17. The Kier molecular flexibility index (Phi) is 5.50. The predicted molar refractivity (Wildman–Crippen MR) is 101 cm³/mol. The van der Waals surface area contributed by atoms with Gasteiger partial charge in [0.2, 0.25) is 5.91 Å². The maximum absolute atomic E-state index is 12.9. The van der Waals surface area contributed by atoms with Crippen LogP contribution in [0.1, 0.15) is 16.4 Å². The minimum absolute atomic E-state index is 0.150. The topological polar surface area (TPSA) is 52.9 Å². The number of carbonyl (C=O) groups is 1.